The summed E-state index contributed by atoms with van der Waals surface area (Å²) in [5.74, 6) is -0.492. The van der Waals surface area contributed by atoms with Crippen LogP contribution in [0.2, 0.25) is 0 Å². The largest absolute Gasteiger partial charge is 0.449 e. The smallest absolute Gasteiger partial charge is 0.338 e. The van der Waals surface area contributed by atoms with Crippen molar-refractivity contribution in [2.45, 2.75) is 52.1 Å². The lowest BCUT2D eigenvalue weighted by molar-refractivity contribution is -0.385. The van der Waals surface area contributed by atoms with Crippen LogP contribution in [0.25, 0.3) is 0 Å². The molecule has 1 fully saturated rings. The number of nitro benzene ring substituents is 1. The minimum absolute atomic E-state index is 0.0603. The van der Waals surface area contributed by atoms with Gasteiger partial charge in [-0.25, -0.2) is 4.79 Å². The van der Waals surface area contributed by atoms with Crippen LogP contribution in [0.4, 0.5) is 5.69 Å². The molecule has 0 aliphatic heterocycles. The van der Waals surface area contributed by atoms with E-state index >= 15 is 0 Å². The number of hydrogen-bond donors (Lipinski definition) is 1. The first kappa shape index (κ1) is 18.9. The summed E-state index contributed by atoms with van der Waals surface area (Å²) < 4.78 is 5.17. The van der Waals surface area contributed by atoms with Crippen molar-refractivity contribution in [3.63, 3.8) is 0 Å². The standard InChI is InChI=1S/C18H24N2O5/c1-12-10-15(8-9-16(12)20(23)24)18(22)25-13(2)17(21)19-11-14-6-4-3-5-7-14/h8-10,13-14H,3-7,11H2,1-2H3,(H,19,21)/t13-/m0/s1. The van der Waals surface area contributed by atoms with Crippen LogP contribution in [0.5, 0.6) is 0 Å². The van der Waals surface area contributed by atoms with Crippen molar-refractivity contribution in [2.75, 3.05) is 6.54 Å². The molecule has 7 heteroatoms. The van der Waals surface area contributed by atoms with Crippen LogP contribution >= 0.6 is 0 Å². The third-order valence-electron chi connectivity index (χ3n) is 4.57. The molecule has 1 aliphatic rings. The maximum atomic E-state index is 12.1. The van der Waals surface area contributed by atoms with E-state index in [0.29, 0.717) is 18.0 Å². The van der Waals surface area contributed by atoms with Gasteiger partial charge in [0, 0.05) is 18.2 Å². The molecule has 1 saturated carbocycles. The van der Waals surface area contributed by atoms with Crippen LogP contribution in [-0.2, 0) is 9.53 Å². The lowest BCUT2D eigenvalue weighted by Gasteiger charge is -2.22. The molecule has 25 heavy (non-hydrogen) atoms. The van der Waals surface area contributed by atoms with E-state index in [0.717, 1.165) is 12.8 Å². The van der Waals surface area contributed by atoms with Gasteiger partial charge in [-0.3, -0.25) is 14.9 Å². The highest BCUT2D eigenvalue weighted by Crippen LogP contribution is 2.23. The average molecular weight is 348 g/mol. The highest BCUT2D eigenvalue weighted by molar-refractivity contribution is 5.92. The maximum Gasteiger partial charge on any atom is 0.338 e. The molecule has 0 radical (unpaired) electrons. The Bertz CT molecular complexity index is 653. The third-order valence-corrected chi connectivity index (χ3v) is 4.57. The molecule has 2 rings (SSSR count). The predicted molar refractivity (Wildman–Crippen MR) is 92.3 cm³/mol. The van der Waals surface area contributed by atoms with E-state index in [1.165, 1.54) is 44.4 Å². The Hall–Kier alpha value is -2.44. The van der Waals surface area contributed by atoms with E-state index in [4.69, 9.17) is 4.74 Å². The number of amides is 1. The number of carbonyl (C=O) groups is 2. The molecule has 1 amide bonds. The van der Waals surface area contributed by atoms with Gasteiger partial charge in [0.1, 0.15) is 0 Å². The van der Waals surface area contributed by atoms with E-state index in [9.17, 15) is 19.7 Å². The Labute approximate surface area is 146 Å². The summed E-state index contributed by atoms with van der Waals surface area (Å²) >= 11 is 0. The van der Waals surface area contributed by atoms with Crippen molar-refractivity contribution in [1.29, 1.82) is 0 Å². The van der Waals surface area contributed by atoms with Gasteiger partial charge in [0.2, 0.25) is 0 Å². The van der Waals surface area contributed by atoms with Crippen molar-refractivity contribution in [3.05, 3.63) is 39.4 Å². The summed E-state index contributed by atoms with van der Waals surface area (Å²) in [6, 6.07) is 3.99. The quantitative estimate of drug-likeness (QED) is 0.484. The summed E-state index contributed by atoms with van der Waals surface area (Å²) in [6.07, 6.45) is 4.99. The van der Waals surface area contributed by atoms with Crippen molar-refractivity contribution >= 4 is 17.6 Å². The molecule has 0 aromatic heterocycles. The van der Waals surface area contributed by atoms with Gasteiger partial charge < -0.3 is 10.1 Å². The van der Waals surface area contributed by atoms with E-state index in [2.05, 4.69) is 5.32 Å². The number of esters is 1. The minimum Gasteiger partial charge on any atom is -0.449 e. The number of aryl methyl sites for hydroxylation is 1. The summed E-state index contributed by atoms with van der Waals surface area (Å²) in [4.78, 5) is 34.5. The fraction of sp³-hybridized carbons (Fsp3) is 0.556. The predicted octanol–water partition coefficient (Wildman–Crippen LogP) is 3.15. The summed E-state index contributed by atoms with van der Waals surface area (Å²) in [7, 11) is 0. The van der Waals surface area contributed by atoms with E-state index < -0.39 is 17.0 Å². The highest BCUT2D eigenvalue weighted by atomic mass is 16.6. The van der Waals surface area contributed by atoms with Gasteiger partial charge in [-0.15, -0.1) is 0 Å². The molecule has 1 aliphatic carbocycles. The number of benzene rings is 1. The monoisotopic (exact) mass is 348 g/mol. The molecular weight excluding hydrogens is 324 g/mol. The van der Waals surface area contributed by atoms with Gasteiger partial charge in [0.05, 0.1) is 10.5 Å². The number of nitrogens with zero attached hydrogens (tertiary/aromatic N) is 1. The van der Waals surface area contributed by atoms with Crippen molar-refractivity contribution < 1.29 is 19.2 Å². The van der Waals surface area contributed by atoms with Crippen LogP contribution < -0.4 is 5.32 Å². The van der Waals surface area contributed by atoms with Crippen molar-refractivity contribution in [2.24, 2.45) is 5.92 Å². The molecule has 1 aromatic carbocycles. The topological polar surface area (TPSA) is 98.5 Å². The van der Waals surface area contributed by atoms with Crippen LogP contribution in [0.1, 0.15) is 54.9 Å². The van der Waals surface area contributed by atoms with Gasteiger partial charge in [0.25, 0.3) is 11.6 Å². The molecule has 0 saturated heterocycles. The van der Waals surface area contributed by atoms with E-state index in [1.807, 2.05) is 0 Å². The van der Waals surface area contributed by atoms with Gasteiger partial charge in [-0.05, 0) is 44.7 Å². The fourth-order valence-electron chi connectivity index (χ4n) is 3.05. The summed E-state index contributed by atoms with van der Waals surface area (Å²) in [5.41, 5.74) is 0.499. The highest BCUT2D eigenvalue weighted by Gasteiger charge is 2.22. The zero-order chi connectivity index (χ0) is 18.4. The SMILES string of the molecule is Cc1cc(C(=O)O[C@@H](C)C(=O)NCC2CCCCC2)ccc1[N+](=O)[O-]. The zero-order valence-electron chi connectivity index (χ0n) is 14.6. The lowest BCUT2D eigenvalue weighted by Crippen LogP contribution is -2.38. The first-order chi connectivity index (χ1) is 11.9. The average Bonchev–Trinajstić information content (AvgIpc) is 2.59. The Morgan fingerprint density at radius 1 is 1.32 bits per heavy atom. The number of ether oxygens (including phenoxy) is 1. The second kappa shape index (κ2) is 8.60. The van der Waals surface area contributed by atoms with Crippen LogP contribution in [0.15, 0.2) is 18.2 Å². The molecule has 1 aromatic rings. The normalized spacial score (nSPS) is 16.1. The molecular formula is C18H24N2O5. The van der Waals surface area contributed by atoms with Gasteiger partial charge in [0.15, 0.2) is 6.10 Å². The second-order valence-electron chi connectivity index (χ2n) is 6.56. The van der Waals surface area contributed by atoms with Crippen LogP contribution in [-0.4, -0.2) is 29.4 Å². The van der Waals surface area contributed by atoms with Crippen molar-refractivity contribution in [3.8, 4) is 0 Å². The molecule has 0 heterocycles. The Balaban J connectivity index is 1.87. The third kappa shape index (κ3) is 5.27. The van der Waals surface area contributed by atoms with Gasteiger partial charge in [-0.1, -0.05) is 19.3 Å². The van der Waals surface area contributed by atoms with Gasteiger partial charge >= 0.3 is 5.97 Å². The minimum atomic E-state index is -0.911. The molecule has 0 unspecified atom stereocenters. The number of rotatable bonds is 6. The molecule has 1 atom stereocenters. The van der Waals surface area contributed by atoms with Gasteiger partial charge in [-0.2, -0.15) is 0 Å². The number of carbonyl (C=O) groups excluding carboxylic acids is 2. The lowest BCUT2D eigenvalue weighted by atomic mass is 9.89. The first-order valence-corrected chi connectivity index (χ1v) is 8.62. The summed E-state index contributed by atoms with van der Waals surface area (Å²) in [6.45, 7) is 3.68. The second-order valence-corrected chi connectivity index (χ2v) is 6.56. The maximum absolute atomic E-state index is 12.1. The fourth-order valence-corrected chi connectivity index (χ4v) is 3.05. The Morgan fingerprint density at radius 2 is 2.00 bits per heavy atom. The molecule has 0 bridgehead atoms. The molecule has 136 valence electrons. The zero-order valence-corrected chi connectivity index (χ0v) is 14.6. The van der Waals surface area contributed by atoms with Crippen LogP contribution in [0, 0.1) is 23.0 Å². The first-order valence-electron chi connectivity index (χ1n) is 8.62. The number of nitro groups is 1. The number of hydrogen-bond acceptors (Lipinski definition) is 5. The summed E-state index contributed by atoms with van der Waals surface area (Å²) in [5, 5.41) is 13.6. The van der Waals surface area contributed by atoms with Crippen molar-refractivity contribution in [1.82, 2.24) is 5.32 Å². The Kier molecular flexibility index (Phi) is 6.50. The molecule has 1 N–H and O–H groups in total. The number of nitrogens with one attached hydrogen (secondary N) is 1. The van der Waals surface area contributed by atoms with Crippen LogP contribution in [0.3, 0.4) is 0 Å². The molecule has 7 nitrogen and oxygen atoms in total. The molecule has 0 spiro atoms. The van der Waals surface area contributed by atoms with E-state index in [-0.39, 0.29) is 17.2 Å². The van der Waals surface area contributed by atoms with E-state index in [1.54, 1.807) is 6.92 Å². The Morgan fingerprint density at radius 3 is 2.60 bits per heavy atom.